The van der Waals surface area contributed by atoms with Crippen molar-refractivity contribution in [2.24, 2.45) is 5.41 Å². The predicted molar refractivity (Wildman–Crippen MR) is 79.2 cm³/mol. The van der Waals surface area contributed by atoms with Crippen molar-refractivity contribution in [3.05, 3.63) is 17.5 Å². The summed E-state index contributed by atoms with van der Waals surface area (Å²) in [4.78, 5) is 11.5. The van der Waals surface area contributed by atoms with E-state index in [2.05, 4.69) is 4.72 Å². The number of halogens is 1. The molecule has 1 spiro atoms. The topological polar surface area (TPSA) is 96.6 Å². The number of hydrogen-bond acceptors (Lipinski definition) is 4. The van der Waals surface area contributed by atoms with Crippen LogP contribution in [0.15, 0.2) is 21.6 Å². The van der Waals surface area contributed by atoms with Gasteiger partial charge in [0.1, 0.15) is 10.4 Å². The third kappa shape index (κ3) is 2.55. The van der Waals surface area contributed by atoms with E-state index in [4.69, 9.17) is 16.0 Å². The van der Waals surface area contributed by atoms with E-state index in [1.165, 1.54) is 6.07 Å². The quantitative estimate of drug-likeness (QED) is 0.872. The van der Waals surface area contributed by atoms with Crippen molar-refractivity contribution >= 4 is 27.6 Å². The minimum Gasteiger partial charge on any atom is -0.480 e. The molecule has 2 fully saturated rings. The Hall–Kier alpha value is -1.05. The number of carboxylic acid groups (broad SMARTS) is 1. The maximum atomic E-state index is 12.4. The van der Waals surface area contributed by atoms with Crippen LogP contribution in [0.5, 0.6) is 0 Å². The van der Waals surface area contributed by atoms with Crippen LogP contribution in [0, 0.1) is 5.41 Å². The largest absolute Gasteiger partial charge is 0.480 e. The number of carbonyl (C=O) groups is 1. The van der Waals surface area contributed by atoms with E-state index in [9.17, 15) is 18.3 Å². The average molecular weight is 348 g/mol. The normalized spacial score (nSPS) is 23.1. The molecule has 1 heterocycles. The Balaban J connectivity index is 1.82. The first kappa shape index (κ1) is 15.8. The summed E-state index contributed by atoms with van der Waals surface area (Å²) in [5.41, 5.74) is -1.46. The number of aliphatic carboxylic acids is 1. The summed E-state index contributed by atoms with van der Waals surface area (Å²) in [5, 5.41) is 9.28. The van der Waals surface area contributed by atoms with Gasteiger partial charge in [-0.1, -0.05) is 19.3 Å². The first-order valence-electron chi connectivity index (χ1n) is 7.29. The van der Waals surface area contributed by atoms with Crippen LogP contribution in [0.3, 0.4) is 0 Å². The maximum Gasteiger partial charge on any atom is 0.324 e. The zero-order chi connectivity index (χ0) is 16.0. The molecule has 2 aliphatic rings. The van der Waals surface area contributed by atoms with Crippen LogP contribution in [0.4, 0.5) is 0 Å². The van der Waals surface area contributed by atoms with Crippen LogP contribution < -0.4 is 4.72 Å². The lowest BCUT2D eigenvalue weighted by Crippen LogP contribution is -2.66. The molecule has 122 valence electrons. The lowest BCUT2D eigenvalue weighted by Gasteiger charge is -2.55. The van der Waals surface area contributed by atoms with E-state index >= 15 is 0 Å². The summed E-state index contributed by atoms with van der Waals surface area (Å²) < 4.78 is 31.9. The van der Waals surface area contributed by atoms with Gasteiger partial charge in [0.2, 0.25) is 15.2 Å². The third-order valence-electron chi connectivity index (χ3n) is 4.88. The number of rotatable bonds is 4. The molecule has 0 unspecified atom stereocenters. The smallest absolute Gasteiger partial charge is 0.324 e. The molecule has 0 saturated heterocycles. The Morgan fingerprint density at radius 1 is 1.27 bits per heavy atom. The monoisotopic (exact) mass is 347 g/mol. The fraction of sp³-hybridized carbons (Fsp3) is 0.643. The summed E-state index contributed by atoms with van der Waals surface area (Å²) in [6, 6.07) is 1.22. The van der Waals surface area contributed by atoms with E-state index in [1.54, 1.807) is 0 Å². The summed E-state index contributed by atoms with van der Waals surface area (Å²) in [6.45, 7) is 0. The van der Waals surface area contributed by atoms with Gasteiger partial charge in [-0.2, -0.15) is 4.72 Å². The highest BCUT2D eigenvalue weighted by Crippen LogP contribution is 2.57. The van der Waals surface area contributed by atoms with Crippen molar-refractivity contribution in [1.82, 2.24) is 4.72 Å². The second-order valence-electron chi connectivity index (χ2n) is 6.47. The zero-order valence-corrected chi connectivity index (χ0v) is 13.5. The number of carboxylic acids is 1. The molecule has 0 radical (unpaired) electrons. The molecule has 1 aromatic rings. The molecule has 3 rings (SSSR count). The van der Waals surface area contributed by atoms with Crippen LogP contribution in [-0.4, -0.2) is 25.0 Å². The van der Waals surface area contributed by atoms with Gasteiger partial charge in [-0.25, -0.2) is 8.42 Å². The molecule has 2 aliphatic carbocycles. The second kappa shape index (κ2) is 5.25. The maximum absolute atomic E-state index is 12.4. The van der Waals surface area contributed by atoms with E-state index in [1.807, 2.05) is 0 Å². The number of sulfonamides is 1. The summed E-state index contributed by atoms with van der Waals surface area (Å²) in [6.07, 6.45) is 7.10. The van der Waals surface area contributed by atoms with Gasteiger partial charge in [-0.15, -0.1) is 0 Å². The molecular formula is C14H18ClNO5S. The first-order chi connectivity index (χ1) is 10.3. The molecule has 0 atom stereocenters. The second-order valence-corrected chi connectivity index (χ2v) is 8.46. The molecule has 0 amide bonds. The molecule has 0 aliphatic heterocycles. The molecule has 8 heteroatoms. The lowest BCUT2D eigenvalue weighted by molar-refractivity contribution is -0.156. The molecule has 6 nitrogen and oxygen atoms in total. The average Bonchev–Trinajstić information content (AvgIpc) is 2.84. The van der Waals surface area contributed by atoms with E-state index < -0.39 is 21.5 Å². The third-order valence-corrected chi connectivity index (χ3v) is 6.85. The minimum atomic E-state index is -4.02. The van der Waals surface area contributed by atoms with Crippen molar-refractivity contribution < 1.29 is 22.7 Å². The molecule has 0 bridgehead atoms. The highest BCUT2D eigenvalue weighted by atomic mass is 35.5. The zero-order valence-electron chi connectivity index (χ0n) is 12.0. The van der Waals surface area contributed by atoms with Crippen molar-refractivity contribution in [3.8, 4) is 0 Å². The Morgan fingerprint density at radius 3 is 2.41 bits per heavy atom. The van der Waals surface area contributed by atoms with E-state index in [0.29, 0.717) is 12.8 Å². The lowest BCUT2D eigenvalue weighted by atomic mass is 9.52. The molecule has 22 heavy (non-hydrogen) atoms. The fourth-order valence-electron chi connectivity index (χ4n) is 3.94. The van der Waals surface area contributed by atoms with Crippen LogP contribution in [0.25, 0.3) is 0 Å². The highest BCUT2D eigenvalue weighted by molar-refractivity contribution is 7.89. The van der Waals surface area contributed by atoms with Gasteiger partial charge in [-0.3, -0.25) is 4.79 Å². The van der Waals surface area contributed by atoms with E-state index in [-0.39, 0.29) is 15.5 Å². The summed E-state index contributed by atoms with van der Waals surface area (Å²) >= 11 is 5.70. The molecule has 2 N–H and O–H groups in total. The first-order valence-corrected chi connectivity index (χ1v) is 9.15. The van der Waals surface area contributed by atoms with Gasteiger partial charge in [-0.05, 0) is 48.8 Å². The van der Waals surface area contributed by atoms with Crippen molar-refractivity contribution in [3.63, 3.8) is 0 Å². The Kier molecular flexibility index (Phi) is 3.78. The van der Waals surface area contributed by atoms with Crippen LogP contribution in [0.1, 0.15) is 44.9 Å². The van der Waals surface area contributed by atoms with Crippen LogP contribution >= 0.6 is 11.6 Å². The molecule has 2 saturated carbocycles. The number of hydrogen-bond donors (Lipinski definition) is 2. The number of furan rings is 1. The SMILES string of the molecule is O=C(O)C1(NS(=O)(=O)c2ccoc2Cl)CC2(CCCCC2)C1. The van der Waals surface area contributed by atoms with Gasteiger partial charge in [0.15, 0.2) is 0 Å². The Morgan fingerprint density at radius 2 is 1.91 bits per heavy atom. The molecule has 1 aromatic heterocycles. The van der Waals surface area contributed by atoms with Gasteiger partial charge >= 0.3 is 5.97 Å². The van der Waals surface area contributed by atoms with Gasteiger partial charge in [0.25, 0.3) is 0 Å². The molecular weight excluding hydrogens is 330 g/mol. The standard InChI is InChI=1S/C14H18ClNO5S/c15-11-10(4-7-21-11)22(19,20)16-14(12(17)18)8-13(9-14)5-2-1-3-6-13/h4,7,16H,1-3,5-6,8-9H2,(H,17,18). The van der Waals surface area contributed by atoms with E-state index in [0.717, 1.165) is 38.4 Å². The van der Waals surface area contributed by atoms with Gasteiger partial charge in [0, 0.05) is 0 Å². The highest BCUT2D eigenvalue weighted by Gasteiger charge is 2.60. The van der Waals surface area contributed by atoms with Crippen molar-refractivity contribution in [1.29, 1.82) is 0 Å². The summed E-state index contributed by atoms with van der Waals surface area (Å²) in [5.74, 6) is -1.13. The Labute approximate surface area is 133 Å². The van der Waals surface area contributed by atoms with Gasteiger partial charge < -0.3 is 9.52 Å². The number of nitrogens with one attached hydrogen (secondary N) is 1. The predicted octanol–water partition coefficient (Wildman–Crippen LogP) is 2.78. The van der Waals surface area contributed by atoms with Gasteiger partial charge in [0.05, 0.1) is 6.26 Å². The minimum absolute atomic E-state index is 0.0284. The fourth-order valence-corrected chi connectivity index (χ4v) is 5.71. The van der Waals surface area contributed by atoms with Crippen molar-refractivity contribution in [2.75, 3.05) is 0 Å². The van der Waals surface area contributed by atoms with Crippen molar-refractivity contribution in [2.45, 2.75) is 55.4 Å². The van der Waals surface area contributed by atoms with Crippen LogP contribution in [0.2, 0.25) is 5.22 Å². The Bertz CT molecular complexity index is 682. The van der Waals surface area contributed by atoms with Crippen LogP contribution in [-0.2, 0) is 14.8 Å². The molecule has 0 aromatic carbocycles. The summed E-state index contributed by atoms with van der Waals surface area (Å²) in [7, 11) is -4.02.